The van der Waals surface area contributed by atoms with E-state index in [1.165, 1.54) is 12.8 Å². The first-order chi connectivity index (χ1) is 5.27. The van der Waals surface area contributed by atoms with E-state index in [9.17, 15) is 0 Å². The van der Waals surface area contributed by atoms with Gasteiger partial charge in [-0.25, -0.2) is 0 Å². The fourth-order valence-corrected chi connectivity index (χ4v) is 1.84. The maximum Gasteiger partial charge on any atom is 0.0645 e. The van der Waals surface area contributed by atoms with Crippen LogP contribution in [0, 0.1) is 5.92 Å². The second-order valence-corrected chi connectivity index (χ2v) is 3.50. The van der Waals surface area contributed by atoms with E-state index >= 15 is 0 Å². The molecular formula is C9H18N2. The van der Waals surface area contributed by atoms with Crippen molar-refractivity contribution in [3.63, 3.8) is 0 Å². The summed E-state index contributed by atoms with van der Waals surface area (Å²) in [6.07, 6.45) is 4.83. The van der Waals surface area contributed by atoms with E-state index in [4.69, 9.17) is 5.73 Å². The van der Waals surface area contributed by atoms with E-state index in [1.54, 1.807) is 0 Å². The van der Waals surface area contributed by atoms with Crippen LogP contribution in [0.3, 0.4) is 0 Å². The second kappa shape index (κ2) is 3.86. The van der Waals surface area contributed by atoms with Crippen LogP contribution >= 0.6 is 0 Å². The molecule has 0 saturated heterocycles. The summed E-state index contributed by atoms with van der Waals surface area (Å²) < 4.78 is 0. The van der Waals surface area contributed by atoms with Crippen LogP contribution < -0.4 is 5.73 Å². The van der Waals surface area contributed by atoms with Gasteiger partial charge in [-0.3, -0.25) is 4.99 Å². The van der Waals surface area contributed by atoms with Crippen molar-refractivity contribution in [2.24, 2.45) is 16.6 Å². The highest BCUT2D eigenvalue weighted by atomic mass is 14.8. The van der Waals surface area contributed by atoms with Gasteiger partial charge in [-0.1, -0.05) is 13.3 Å². The number of rotatable bonds is 2. The van der Waals surface area contributed by atoms with Crippen LogP contribution in [0.15, 0.2) is 4.99 Å². The van der Waals surface area contributed by atoms with E-state index in [2.05, 4.69) is 18.6 Å². The molecule has 2 heteroatoms. The fourth-order valence-electron chi connectivity index (χ4n) is 1.84. The van der Waals surface area contributed by atoms with E-state index in [-0.39, 0.29) is 6.04 Å². The van der Waals surface area contributed by atoms with Crippen LogP contribution in [0.4, 0.5) is 0 Å². The largest absolute Gasteiger partial charge is 0.326 e. The highest BCUT2D eigenvalue weighted by Crippen LogP contribution is 2.27. The van der Waals surface area contributed by atoms with Crippen LogP contribution in [0.1, 0.15) is 32.6 Å². The molecule has 1 aliphatic carbocycles. The summed E-state index contributed by atoms with van der Waals surface area (Å²) in [6, 6.07) is 0.601. The van der Waals surface area contributed by atoms with Gasteiger partial charge < -0.3 is 5.73 Å². The average Bonchev–Trinajstić information content (AvgIpc) is 2.05. The predicted molar refractivity (Wildman–Crippen MR) is 48.9 cm³/mol. The lowest BCUT2D eigenvalue weighted by molar-refractivity contribution is 0.285. The summed E-state index contributed by atoms with van der Waals surface area (Å²) in [4.78, 5) is 4.05. The number of nitrogens with two attached hydrogens (primary N) is 1. The Morgan fingerprint density at radius 3 is 2.82 bits per heavy atom. The monoisotopic (exact) mass is 154 g/mol. The Hall–Kier alpha value is -0.370. The summed E-state index contributed by atoms with van der Waals surface area (Å²) in [5, 5.41) is 0. The first kappa shape index (κ1) is 8.72. The summed E-state index contributed by atoms with van der Waals surface area (Å²) in [5.41, 5.74) is 5.87. The maximum absolute atomic E-state index is 5.87. The van der Waals surface area contributed by atoms with Gasteiger partial charge in [0.2, 0.25) is 0 Å². The van der Waals surface area contributed by atoms with Crippen LogP contribution in [0.5, 0.6) is 0 Å². The zero-order valence-electron chi connectivity index (χ0n) is 7.29. The molecule has 0 aromatic carbocycles. The number of aliphatic imine (C=N–C) groups is 1. The van der Waals surface area contributed by atoms with Gasteiger partial charge in [0.15, 0.2) is 0 Å². The van der Waals surface area contributed by atoms with E-state index in [1.807, 2.05) is 0 Å². The highest BCUT2D eigenvalue weighted by molar-refractivity contribution is 5.24. The Balaban J connectivity index is 2.43. The minimum Gasteiger partial charge on any atom is -0.326 e. The molecule has 0 aliphatic heterocycles. The topological polar surface area (TPSA) is 38.4 Å². The lowest BCUT2D eigenvalue weighted by Crippen LogP contribution is -2.38. The molecule has 1 saturated carbocycles. The Kier molecular flexibility index (Phi) is 3.06. The highest BCUT2D eigenvalue weighted by Gasteiger charge is 2.25. The molecule has 1 rings (SSSR count). The molecule has 0 aromatic heterocycles. The van der Waals surface area contributed by atoms with Gasteiger partial charge in [0, 0.05) is 6.04 Å². The van der Waals surface area contributed by atoms with Crippen molar-refractivity contribution in [2.75, 3.05) is 0 Å². The smallest absolute Gasteiger partial charge is 0.0645 e. The van der Waals surface area contributed by atoms with E-state index in [0.29, 0.717) is 6.04 Å². The maximum atomic E-state index is 5.87. The number of hydrogen-bond donors (Lipinski definition) is 1. The van der Waals surface area contributed by atoms with E-state index < -0.39 is 0 Å². The van der Waals surface area contributed by atoms with Gasteiger partial charge in [0.1, 0.15) is 0 Å². The molecule has 0 radical (unpaired) electrons. The molecule has 1 aliphatic rings. The Labute approximate surface area is 68.9 Å². The van der Waals surface area contributed by atoms with Gasteiger partial charge >= 0.3 is 0 Å². The van der Waals surface area contributed by atoms with Crippen molar-refractivity contribution in [3.8, 4) is 0 Å². The van der Waals surface area contributed by atoms with Crippen LogP contribution in [0.25, 0.3) is 0 Å². The molecule has 3 atom stereocenters. The number of nitrogens with zero attached hydrogens (tertiary/aromatic N) is 1. The summed E-state index contributed by atoms with van der Waals surface area (Å²) in [7, 11) is 0. The zero-order chi connectivity index (χ0) is 8.27. The third kappa shape index (κ3) is 2.03. The molecule has 64 valence electrons. The quantitative estimate of drug-likeness (QED) is 0.603. The molecule has 0 amide bonds. The lowest BCUT2D eigenvalue weighted by Gasteiger charge is -2.30. The fraction of sp³-hybridized carbons (Fsp3) is 0.889. The summed E-state index contributed by atoms with van der Waals surface area (Å²) in [6.45, 7) is 5.81. The normalized spacial score (nSPS) is 38.5. The Morgan fingerprint density at radius 2 is 2.27 bits per heavy atom. The lowest BCUT2D eigenvalue weighted by atomic mass is 9.82. The first-order valence-corrected chi connectivity index (χ1v) is 4.49. The van der Waals surface area contributed by atoms with Crippen molar-refractivity contribution < 1.29 is 0 Å². The van der Waals surface area contributed by atoms with Crippen LogP contribution in [-0.4, -0.2) is 18.8 Å². The molecule has 0 heterocycles. The molecule has 2 N–H and O–H groups in total. The minimum atomic E-state index is 0.273. The standard InChI is InChI=1S/C9H18N2/c1-3-7-4-5-8(10)9(6-7)11-2/h7-9H,2-6,10H2,1H3. The molecule has 2 nitrogen and oxygen atoms in total. The van der Waals surface area contributed by atoms with Gasteiger partial charge in [-0.05, 0) is 31.9 Å². The molecule has 11 heavy (non-hydrogen) atoms. The molecule has 1 fully saturated rings. The Morgan fingerprint density at radius 1 is 1.55 bits per heavy atom. The third-order valence-corrected chi connectivity index (χ3v) is 2.79. The molecule has 0 aromatic rings. The first-order valence-electron chi connectivity index (χ1n) is 4.49. The predicted octanol–water partition coefficient (Wildman–Crippen LogP) is 1.59. The van der Waals surface area contributed by atoms with E-state index in [0.717, 1.165) is 18.8 Å². The zero-order valence-corrected chi connectivity index (χ0v) is 7.29. The average molecular weight is 154 g/mol. The van der Waals surface area contributed by atoms with Gasteiger partial charge in [0.25, 0.3) is 0 Å². The van der Waals surface area contributed by atoms with Crippen molar-refractivity contribution in [2.45, 2.75) is 44.7 Å². The molecule has 3 unspecified atom stereocenters. The van der Waals surface area contributed by atoms with Crippen molar-refractivity contribution >= 4 is 6.72 Å². The third-order valence-electron chi connectivity index (χ3n) is 2.79. The molecular weight excluding hydrogens is 136 g/mol. The Bertz CT molecular complexity index is 134. The van der Waals surface area contributed by atoms with Gasteiger partial charge in [-0.2, -0.15) is 0 Å². The van der Waals surface area contributed by atoms with Crippen molar-refractivity contribution in [3.05, 3.63) is 0 Å². The van der Waals surface area contributed by atoms with Crippen LogP contribution in [-0.2, 0) is 0 Å². The molecule has 0 spiro atoms. The number of hydrogen-bond acceptors (Lipinski definition) is 2. The van der Waals surface area contributed by atoms with Crippen molar-refractivity contribution in [1.82, 2.24) is 0 Å². The SMILES string of the molecule is C=NC1CC(CC)CCC1N. The van der Waals surface area contributed by atoms with Crippen molar-refractivity contribution in [1.29, 1.82) is 0 Å². The minimum absolute atomic E-state index is 0.273. The van der Waals surface area contributed by atoms with Crippen LogP contribution in [0.2, 0.25) is 0 Å². The second-order valence-electron chi connectivity index (χ2n) is 3.50. The van der Waals surface area contributed by atoms with Gasteiger partial charge in [0.05, 0.1) is 6.04 Å². The molecule has 0 bridgehead atoms. The summed E-state index contributed by atoms with van der Waals surface area (Å²) in [5.74, 6) is 0.838. The summed E-state index contributed by atoms with van der Waals surface area (Å²) >= 11 is 0. The van der Waals surface area contributed by atoms with Gasteiger partial charge in [-0.15, -0.1) is 0 Å².